The van der Waals surface area contributed by atoms with E-state index in [0.29, 0.717) is 0 Å². The molecule has 0 heterocycles. The lowest BCUT2D eigenvalue weighted by Crippen LogP contribution is -2.25. The van der Waals surface area contributed by atoms with E-state index in [1.165, 1.54) is 27.7 Å². The summed E-state index contributed by atoms with van der Waals surface area (Å²) in [5.41, 5.74) is 0. The van der Waals surface area contributed by atoms with Crippen LogP contribution in [-0.2, 0) is 4.57 Å². The van der Waals surface area contributed by atoms with Crippen LogP contribution in [0.3, 0.4) is 0 Å². The Kier molecular flexibility index (Phi) is 2.58. The Morgan fingerprint density at radius 3 is 1.20 bits per heavy atom. The van der Waals surface area contributed by atoms with Crippen molar-refractivity contribution in [1.82, 2.24) is 0 Å². The van der Waals surface area contributed by atoms with Gasteiger partial charge >= 0.3 is 7.80 Å². The van der Waals surface area contributed by atoms with Gasteiger partial charge in [0.05, 0.1) is 0 Å². The Hall–Kier alpha value is 0.0200. The SMILES string of the molecule is CC(C)(O)[P+](=O)C(C)(C)O. The molecule has 0 aromatic rings. The highest BCUT2D eigenvalue weighted by Crippen LogP contribution is 2.46. The van der Waals surface area contributed by atoms with Crippen LogP contribution in [0.1, 0.15) is 27.7 Å². The summed E-state index contributed by atoms with van der Waals surface area (Å²) >= 11 is 0. The van der Waals surface area contributed by atoms with Gasteiger partial charge in [0.1, 0.15) is 0 Å². The minimum Gasteiger partial charge on any atom is -0.349 e. The maximum atomic E-state index is 11.1. The van der Waals surface area contributed by atoms with E-state index in [4.69, 9.17) is 0 Å². The van der Waals surface area contributed by atoms with Gasteiger partial charge in [0.25, 0.3) is 10.7 Å². The number of hydrogen-bond acceptors (Lipinski definition) is 3. The van der Waals surface area contributed by atoms with Crippen molar-refractivity contribution < 1.29 is 14.8 Å². The van der Waals surface area contributed by atoms with Crippen LogP contribution in [0.25, 0.3) is 0 Å². The highest BCUT2D eigenvalue weighted by Gasteiger charge is 2.49. The second-order valence-electron chi connectivity index (χ2n) is 3.28. The molecule has 0 amide bonds. The molecule has 0 saturated heterocycles. The van der Waals surface area contributed by atoms with Gasteiger partial charge in [0.15, 0.2) is 0 Å². The van der Waals surface area contributed by atoms with Crippen LogP contribution < -0.4 is 0 Å². The standard InChI is InChI=1S/C6H14O3P/c1-5(2,7)10(9)6(3,4)8/h7-8H,1-4H3/q+1. The van der Waals surface area contributed by atoms with E-state index in [9.17, 15) is 14.8 Å². The lowest BCUT2D eigenvalue weighted by atomic mass is 10.5. The van der Waals surface area contributed by atoms with Crippen LogP contribution in [0.4, 0.5) is 0 Å². The van der Waals surface area contributed by atoms with Gasteiger partial charge in [-0.3, -0.25) is 0 Å². The van der Waals surface area contributed by atoms with Gasteiger partial charge < -0.3 is 10.2 Å². The van der Waals surface area contributed by atoms with Crippen LogP contribution in [0.5, 0.6) is 0 Å². The van der Waals surface area contributed by atoms with E-state index in [-0.39, 0.29) is 0 Å². The van der Waals surface area contributed by atoms with Crippen molar-refractivity contribution in [1.29, 1.82) is 0 Å². The smallest absolute Gasteiger partial charge is 0.349 e. The van der Waals surface area contributed by atoms with Crippen LogP contribution in [0, 0.1) is 0 Å². The molecule has 0 aromatic heterocycles. The molecule has 0 spiro atoms. The van der Waals surface area contributed by atoms with Gasteiger partial charge in [-0.15, -0.1) is 0 Å². The van der Waals surface area contributed by atoms with E-state index >= 15 is 0 Å². The predicted molar refractivity (Wildman–Crippen MR) is 40.2 cm³/mol. The molecule has 0 rings (SSSR count). The molecule has 0 bridgehead atoms. The van der Waals surface area contributed by atoms with E-state index in [2.05, 4.69) is 0 Å². The molecule has 0 atom stereocenters. The van der Waals surface area contributed by atoms with Gasteiger partial charge in [-0.2, -0.15) is 0 Å². The zero-order valence-corrected chi connectivity index (χ0v) is 7.64. The molecule has 3 nitrogen and oxygen atoms in total. The summed E-state index contributed by atoms with van der Waals surface area (Å²) in [6.07, 6.45) is 0. The first-order chi connectivity index (χ1) is 4.15. The lowest BCUT2D eigenvalue weighted by Gasteiger charge is -2.12. The Morgan fingerprint density at radius 2 is 1.20 bits per heavy atom. The fourth-order valence-corrected chi connectivity index (χ4v) is 2.01. The van der Waals surface area contributed by atoms with Crippen molar-refractivity contribution >= 4 is 7.80 Å². The quantitative estimate of drug-likeness (QED) is 0.606. The Morgan fingerprint density at radius 1 is 1.00 bits per heavy atom. The molecule has 0 aliphatic heterocycles. The van der Waals surface area contributed by atoms with E-state index in [1.54, 1.807) is 0 Å². The van der Waals surface area contributed by atoms with Crippen molar-refractivity contribution in [3.63, 3.8) is 0 Å². The van der Waals surface area contributed by atoms with Crippen molar-refractivity contribution in [2.24, 2.45) is 0 Å². The summed E-state index contributed by atoms with van der Waals surface area (Å²) in [7, 11) is -2.00. The Labute approximate surface area is 61.9 Å². The normalized spacial score (nSPS) is 13.4. The zero-order valence-electron chi connectivity index (χ0n) is 6.75. The van der Waals surface area contributed by atoms with Gasteiger partial charge in [-0.25, -0.2) is 0 Å². The predicted octanol–water partition coefficient (Wildman–Crippen LogP) is 1.27. The topological polar surface area (TPSA) is 57.5 Å². The van der Waals surface area contributed by atoms with Gasteiger partial charge in [-0.05, 0) is 0 Å². The molecule has 60 valence electrons. The van der Waals surface area contributed by atoms with Gasteiger partial charge in [0, 0.05) is 27.7 Å². The summed E-state index contributed by atoms with van der Waals surface area (Å²) in [5, 5.41) is 15.8. The first kappa shape index (κ1) is 10.0. The molecule has 0 aliphatic carbocycles. The summed E-state index contributed by atoms with van der Waals surface area (Å²) in [5.74, 6) is 0. The molecule has 0 unspecified atom stereocenters. The largest absolute Gasteiger partial charge is 0.406 e. The highest BCUT2D eigenvalue weighted by atomic mass is 31.1. The Balaban J connectivity index is 4.40. The molecule has 0 aliphatic rings. The monoisotopic (exact) mass is 165 g/mol. The van der Waals surface area contributed by atoms with Crippen molar-refractivity contribution in [3.8, 4) is 0 Å². The molecule has 2 N–H and O–H groups in total. The van der Waals surface area contributed by atoms with E-state index < -0.39 is 18.5 Å². The average Bonchev–Trinajstić information content (AvgIpc) is 1.59. The summed E-state index contributed by atoms with van der Waals surface area (Å²) < 4.78 is 11.1. The van der Waals surface area contributed by atoms with Crippen molar-refractivity contribution in [3.05, 3.63) is 0 Å². The molecular formula is C6H14O3P+. The second-order valence-corrected chi connectivity index (χ2v) is 6.06. The third kappa shape index (κ3) is 2.74. The summed E-state index contributed by atoms with van der Waals surface area (Å²) in [6.45, 7) is 5.68. The third-order valence-electron chi connectivity index (χ3n) is 0.994. The molecule has 0 aromatic carbocycles. The number of hydrogen-bond donors (Lipinski definition) is 2. The second kappa shape index (κ2) is 2.57. The zero-order chi connectivity index (χ0) is 8.58. The van der Waals surface area contributed by atoms with Crippen LogP contribution in [-0.4, -0.2) is 20.9 Å². The van der Waals surface area contributed by atoms with Crippen molar-refractivity contribution in [2.45, 2.75) is 38.4 Å². The minimum absolute atomic E-state index is 1.30. The van der Waals surface area contributed by atoms with E-state index in [0.717, 1.165) is 0 Å². The van der Waals surface area contributed by atoms with Gasteiger partial charge in [0.2, 0.25) is 0 Å². The third-order valence-corrected chi connectivity index (χ3v) is 2.98. The molecule has 4 heteroatoms. The van der Waals surface area contributed by atoms with Crippen LogP contribution in [0.15, 0.2) is 0 Å². The minimum atomic E-state index is -2.00. The van der Waals surface area contributed by atoms with E-state index in [1.807, 2.05) is 0 Å². The van der Waals surface area contributed by atoms with Crippen LogP contribution in [0.2, 0.25) is 0 Å². The fourth-order valence-electron chi connectivity index (χ4n) is 0.670. The maximum Gasteiger partial charge on any atom is 0.406 e. The molecule has 10 heavy (non-hydrogen) atoms. The summed E-state index contributed by atoms with van der Waals surface area (Å²) in [4.78, 5) is 0. The van der Waals surface area contributed by atoms with Gasteiger partial charge in [-0.1, -0.05) is 4.57 Å². The average molecular weight is 165 g/mol. The molecule has 0 fully saturated rings. The molecule has 0 saturated carbocycles. The molecular weight excluding hydrogens is 151 g/mol. The van der Waals surface area contributed by atoms with Crippen molar-refractivity contribution in [2.75, 3.05) is 0 Å². The number of rotatable bonds is 2. The maximum absolute atomic E-state index is 11.1. The Bertz CT molecular complexity index is 124. The molecule has 0 radical (unpaired) electrons. The van der Waals surface area contributed by atoms with Crippen LogP contribution >= 0.6 is 7.80 Å². The first-order valence-electron chi connectivity index (χ1n) is 3.08. The lowest BCUT2D eigenvalue weighted by molar-refractivity contribution is 0.125. The number of aliphatic hydroxyl groups is 2. The summed E-state index contributed by atoms with van der Waals surface area (Å²) in [6, 6.07) is 0. The fraction of sp³-hybridized carbons (Fsp3) is 1.00. The first-order valence-corrected chi connectivity index (χ1v) is 4.34. The highest BCUT2D eigenvalue weighted by molar-refractivity contribution is 7.47.